The van der Waals surface area contributed by atoms with Crippen molar-refractivity contribution in [3.63, 3.8) is 0 Å². The van der Waals surface area contributed by atoms with E-state index in [2.05, 4.69) is 20.4 Å². The Hall–Kier alpha value is -5.32. The van der Waals surface area contributed by atoms with Crippen molar-refractivity contribution in [3.05, 3.63) is 107 Å². The first kappa shape index (κ1) is 28.2. The number of carbonyl (C=O) groups is 2. The number of anilines is 1. The molecule has 212 valence electrons. The van der Waals surface area contributed by atoms with E-state index in [0.717, 1.165) is 11.8 Å². The van der Waals surface area contributed by atoms with Gasteiger partial charge in [-0.2, -0.15) is 18.3 Å². The molecule has 0 unspecified atom stereocenters. The summed E-state index contributed by atoms with van der Waals surface area (Å²) in [4.78, 5) is 32.5. The Kier molecular flexibility index (Phi) is 7.58. The van der Waals surface area contributed by atoms with Gasteiger partial charge < -0.3 is 10.4 Å². The average molecular weight is 572 g/mol. The number of amides is 1. The number of carboxylic acid groups (broad SMARTS) is 1. The quantitative estimate of drug-likeness (QED) is 0.205. The number of carboxylic acids is 1. The molecule has 8 nitrogen and oxygen atoms in total. The molecule has 0 saturated carbocycles. The molecule has 0 bridgehead atoms. The minimum atomic E-state index is -4.63. The van der Waals surface area contributed by atoms with Gasteiger partial charge in [-0.1, -0.05) is 31.2 Å². The third-order valence-electron chi connectivity index (χ3n) is 6.60. The van der Waals surface area contributed by atoms with E-state index in [0.29, 0.717) is 40.1 Å². The van der Waals surface area contributed by atoms with E-state index in [1.54, 1.807) is 49.5 Å². The van der Waals surface area contributed by atoms with E-state index in [4.69, 9.17) is 0 Å². The van der Waals surface area contributed by atoms with Crippen molar-refractivity contribution in [3.8, 4) is 22.5 Å². The van der Waals surface area contributed by atoms with E-state index in [-0.39, 0.29) is 22.7 Å². The van der Waals surface area contributed by atoms with E-state index in [1.165, 1.54) is 28.8 Å². The summed E-state index contributed by atoms with van der Waals surface area (Å²) in [5.41, 5.74) is 3.02. The van der Waals surface area contributed by atoms with Crippen molar-refractivity contribution < 1.29 is 27.9 Å². The van der Waals surface area contributed by atoms with Gasteiger partial charge in [-0.05, 0) is 73.0 Å². The molecule has 2 N–H and O–H groups in total. The van der Waals surface area contributed by atoms with Gasteiger partial charge in [0.1, 0.15) is 0 Å². The van der Waals surface area contributed by atoms with Crippen molar-refractivity contribution in [2.24, 2.45) is 0 Å². The second kappa shape index (κ2) is 11.3. The lowest BCUT2D eigenvalue weighted by Crippen LogP contribution is -2.13. The highest BCUT2D eigenvalue weighted by molar-refractivity contribution is 6.05. The molecular formula is C31H24F3N5O3. The van der Waals surface area contributed by atoms with Gasteiger partial charge >= 0.3 is 12.1 Å². The number of aryl methyl sites for hydroxylation is 1. The topological polar surface area (TPSA) is 109 Å². The van der Waals surface area contributed by atoms with Gasteiger partial charge in [0.2, 0.25) is 0 Å². The van der Waals surface area contributed by atoms with Crippen LogP contribution in [0.1, 0.15) is 40.5 Å². The maximum atomic E-state index is 13.5. The first-order valence-corrected chi connectivity index (χ1v) is 12.9. The Balaban J connectivity index is 1.43. The number of hydrogen-bond donors (Lipinski definition) is 2. The summed E-state index contributed by atoms with van der Waals surface area (Å²) in [7, 11) is 0. The molecular weight excluding hydrogens is 547 g/mol. The molecule has 5 aromatic rings. The zero-order chi connectivity index (χ0) is 30.0. The molecule has 2 aromatic carbocycles. The van der Waals surface area contributed by atoms with Crippen molar-refractivity contribution >= 4 is 29.3 Å². The highest BCUT2D eigenvalue weighted by Gasteiger charge is 2.35. The third-order valence-corrected chi connectivity index (χ3v) is 6.60. The second-order valence-electron chi connectivity index (χ2n) is 9.48. The number of aliphatic carboxylic acids is 1. The smallest absolute Gasteiger partial charge is 0.434 e. The SMILES string of the molecule is CC/C(=C\c1cccc(C(=O)Nc2cc(-c3cn4nc(-c5cccnc5C(F)(F)F)ccc4n3)ccc2C)c1)C(=O)O. The molecule has 0 saturated heterocycles. The number of carbonyl (C=O) groups excluding carboxylic acids is 1. The Morgan fingerprint density at radius 3 is 2.57 bits per heavy atom. The van der Waals surface area contributed by atoms with Crippen LogP contribution >= 0.6 is 0 Å². The largest absolute Gasteiger partial charge is 0.478 e. The molecule has 5 rings (SSSR count). The van der Waals surface area contributed by atoms with E-state index < -0.39 is 17.8 Å². The molecule has 3 aromatic heterocycles. The van der Waals surface area contributed by atoms with Crippen LogP contribution in [0.25, 0.3) is 34.2 Å². The van der Waals surface area contributed by atoms with Crippen LogP contribution in [-0.2, 0) is 11.0 Å². The fourth-order valence-electron chi connectivity index (χ4n) is 4.40. The van der Waals surface area contributed by atoms with Gasteiger partial charge in [0, 0.05) is 34.1 Å². The van der Waals surface area contributed by atoms with Gasteiger partial charge in [-0.25, -0.2) is 14.3 Å². The van der Waals surface area contributed by atoms with Crippen LogP contribution in [-0.4, -0.2) is 36.6 Å². The van der Waals surface area contributed by atoms with Gasteiger partial charge in [-0.3, -0.25) is 9.78 Å². The zero-order valence-electron chi connectivity index (χ0n) is 22.5. The number of halogens is 3. The zero-order valence-corrected chi connectivity index (χ0v) is 22.5. The molecule has 0 atom stereocenters. The molecule has 11 heteroatoms. The minimum absolute atomic E-state index is 0.0928. The average Bonchev–Trinajstić information content (AvgIpc) is 3.40. The fraction of sp³-hybridized carbons (Fsp3) is 0.129. The number of hydrogen-bond acceptors (Lipinski definition) is 5. The highest BCUT2D eigenvalue weighted by Crippen LogP contribution is 2.35. The Labute approximate surface area is 238 Å². The van der Waals surface area contributed by atoms with Crippen LogP contribution in [0, 0.1) is 6.92 Å². The van der Waals surface area contributed by atoms with Crippen LogP contribution in [0.4, 0.5) is 18.9 Å². The predicted octanol–water partition coefficient (Wildman–Crippen LogP) is 6.92. The molecule has 42 heavy (non-hydrogen) atoms. The number of fused-ring (bicyclic) bond motifs is 1. The van der Waals surface area contributed by atoms with Gasteiger partial charge in [0.25, 0.3) is 5.91 Å². The number of benzene rings is 2. The summed E-state index contributed by atoms with van der Waals surface area (Å²) in [6.45, 7) is 3.58. The van der Waals surface area contributed by atoms with Gasteiger partial charge in [0.05, 0.1) is 17.6 Å². The lowest BCUT2D eigenvalue weighted by atomic mass is 10.0. The first-order valence-electron chi connectivity index (χ1n) is 12.9. The third kappa shape index (κ3) is 5.90. The monoisotopic (exact) mass is 571 g/mol. The molecule has 0 fully saturated rings. The molecule has 0 radical (unpaired) electrons. The van der Waals surface area contributed by atoms with Crippen molar-refractivity contribution in [1.82, 2.24) is 19.6 Å². The fourth-order valence-corrected chi connectivity index (χ4v) is 4.40. The summed E-state index contributed by atoms with van der Waals surface area (Å²) in [5.74, 6) is -1.39. The second-order valence-corrected chi connectivity index (χ2v) is 9.48. The lowest BCUT2D eigenvalue weighted by molar-refractivity contribution is -0.140. The van der Waals surface area contributed by atoms with Crippen LogP contribution in [0.15, 0.2) is 84.7 Å². The van der Waals surface area contributed by atoms with E-state index in [9.17, 15) is 27.9 Å². The molecule has 0 aliphatic rings. The molecule has 3 heterocycles. The number of aromatic nitrogens is 4. The Morgan fingerprint density at radius 1 is 1.02 bits per heavy atom. The van der Waals surface area contributed by atoms with E-state index >= 15 is 0 Å². The number of alkyl halides is 3. The number of imidazole rings is 1. The van der Waals surface area contributed by atoms with Crippen molar-refractivity contribution in [1.29, 1.82) is 0 Å². The maximum absolute atomic E-state index is 13.5. The molecule has 1 amide bonds. The molecule has 0 spiro atoms. The van der Waals surface area contributed by atoms with Crippen molar-refractivity contribution in [2.45, 2.75) is 26.4 Å². The van der Waals surface area contributed by atoms with Crippen molar-refractivity contribution in [2.75, 3.05) is 5.32 Å². The van der Waals surface area contributed by atoms with Crippen LogP contribution in [0.2, 0.25) is 0 Å². The standard InChI is InChI=1S/C31H24F3N5O3/c1-3-20(30(41)42)14-19-6-4-7-22(15-19)29(40)37-25-16-21(10-9-18(25)2)26-17-39-27(36-26)12-11-24(38-39)23-8-5-13-35-28(23)31(32,33)34/h4-17H,3H2,1-2H3,(H,37,40)(H,41,42)/b20-14+. The number of nitrogens with zero attached hydrogens (tertiary/aromatic N) is 4. The number of nitrogens with one attached hydrogen (secondary N) is 1. The maximum Gasteiger partial charge on any atom is 0.434 e. The summed E-state index contributed by atoms with van der Waals surface area (Å²) < 4.78 is 41.9. The summed E-state index contributed by atoms with van der Waals surface area (Å²) in [6, 6.07) is 17.8. The van der Waals surface area contributed by atoms with Gasteiger partial charge in [-0.15, -0.1) is 0 Å². The predicted molar refractivity (Wildman–Crippen MR) is 152 cm³/mol. The summed E-state index contributed by atoms with van der Waals surface area (Å²) in [6.07, 6.45) is -0.0710. The minimum Gasteiger partial charge on any atom is -0.478 e. The lowest BCUT2D eigenvalue weighted by Gasteiger charge is -2.11. The summed E-state index contributed by atoms with van der Waals surface area (Å²) in [5, 5.41) is 16.6. The number of rotatable bonds is 7. The number of pyridine rings is 1. The van der Waals surface area contributed by atoms with Gasteiger partial charge in [0.15, 0.2) is 11.3 Å². The molecule has 0 aliphatic heterocycles. The van der Waals surface area contributed by atoms with Crippen LogP contribution < -0.4 is 5.32 Å². The molecule has 0 aliphatic carbocycles. The highest BCUT2D eigenvalue weighted by atomic mass is 19.4. The van der Waals surface area contributed by atoms with E-state index in [1.807, 2.05) is 19.1 Å². The van der Waals surface area contributed by atoms with Crippen LogP contribution in [0.3, 0.4) is 0 Å². The summed E-state index contributed by atoms with van der Waals surface area (Å²) >= 11 is 0. The Morgan fingerprint density at radius 2 is 1.83 bits per heavy atom. The Bertz CT molecular complexity index is 1860. The first-order chi connectivity index (χ1) is 20.0. The normalized spacial score (nSPS) is 12.0. The van der Waals surface area contributed by atoms with Crippen LogP contribution in [0.5, 0.6) is 0 Å².